The molecule has 0 saturated heterocycles. The van der Waals surface area contributed by atoms with Crippen molar-refractivity contribution in [1.82, 2.24) is 5.32 Å². The zero-order valence-corrected chi connectivity index (χ0v) is 13.0. The summed E-state index contributed by atoms with van der Waals surface area (Å²) in [6, 6.07) is 0. The monoisotopic (exact) mass is 287 g/mol. The van der Waals surface area contributed by atoms with Gasteiger partial charge in [-0.2, -0.15) is 4.39 Å². The average molecular weight is 288 g/mol. The fourth-order valence-corrected chi connectivity index (χ4v) is 1.10. The summed E-state index contributed by atoms with van der Waals surface area (Å²) in [5, 5.41) is 9.89. The lowest BCUT2D eigenvalue weighted by Crippen LogP contribution is -2.11. The number of rotatable bonds is 2. The summed E-state index contributed by atoms with van der Waals surface area (Å²) in [4.78, 5) is 3.87. The Kier molecular flexibility index (Phi) is 13.6. The van der Waals surface area contributed by atoms with Gasteiger partial charge in [0.05, 0.1) is 17.6 Å². The number of nitrogens with one attached hydrogen (secondary N) is 2. The molecular weight excluding hydrogens is 265 g/mol. The Morgan fingerprint density at radius 3 is 2.37 bits per heavy atom. The molecule has 0 amide bonds. The highest BCUT2D eigenvalue weighted by molar-refractivity contribution is 6.30. The van der Waals surface area contributed by atoms with Crippen molar-refractivity contribution >= 4 is 23.9 Å². The van der Waals surface area contributed by atoms with E-state index in [2.05, 4.69) is 24.2 Å². The molecule has 0 saturated carbocycles. The minimum Gasteiger partial charge on any atom is -0.337 e. The van der Waals surface area contributed by atoms with Crippen LogP contribution in [-0.2, 0) is 0 Å². The summed E-state index contributed by atoms with van der Waals surface area (Å²) in [5.41, 5.74) is 0.447. The first-order chi connectivity index (χ1) is 9.06. The zero-order chi connectivity index (χ0) is 15.3. The first-order valence-electron chi connectivity index (χ1n) is 6.34. The molecule has 1 heterocycles. The lowest BCUT2D eigenvalue weighted by Gasteiger charge is -2.07. The van der Waals surface area contributed by atoms with Crippen LogP contribution >= 0.6 is 11.6 Å². The second kappa shape index (κ2) is 13.0. The number of nitrogens with zero attached hydrogens (tertiary/aromatic N) is 1. The van der Waals surface area contributed by atoms with E-state index in [0.717, 1.165) is 0 Å². The highest BCUT2D eigenvalue weighted by atomic mass is 35.5. The lowest BCUT2D eigenvalue weighted by molar-refractivity contribution is 0.795. The summed E-state index contributed by atoms with van der Waals surface area (Å²) >= 11 is 5.67. The van der Waals surface area contributed by atoms with Crippen LogP contribution in [0.5, 0.6) is 0 Å². The topological polar surface area (TPSA) is 48.2 Å². The quantitative estimate of drug-likeness (QED) is 0.550. The third kappa shape index (κ3) is 9.19. The molecule has 0 unspecified atom stereocenters. The number of hydrogen-bond donors (Lipinski definition) is 2. The van der Waals surface area contributed by atoms with Gasteiger partial charge in [0, 0.05) is 0 Å². The Balaban J connectivity index is 0. The van der Waals surface area contributed by atoms with E-state index in [-0.39, 0.29) is 5.57 Å². The second-order valence-electron chi connectivity index (χ2n) is 3.21. The van der Waals surface area contributed by atoms with Gasteiger partial charge in [-0.15, -0.1) is 0 Å². The summed E-state index contributed by atoms with van der Waals surface area (Å²) in [7, 11) is 0. The Morgan fingerprint density at radius 2 is 2.00 bits per heavy atom. The normalized spacial score (nSPS) is 15.4. The molecule has 0 fully saturated rings. The molecule has 108 valence electrons. The van der Waals surface area contributed by atoms with Crippen LogP contribution < -0.4 is 5.32 Å². The maximum Gasteiger partial charge on any atom is 0.214 e. The van der Waals surface area contributed by atoms with E-state index in [4.69, 9.17) is 17.0 Å². The van der Waals surface area contributed by atoms with Gasteiger partial charge in [-0.25, -0.2) is 4.99 Å². The molecule has 0 aromatic carbocycles. The van der Waals surface area contributed by atoms with E-state index in [1.807, 2.05) is 13.8 Å². The van der Waals surface area contributed by atoms with Crippen LogP contribution in [0.1, 0.15) is 41.0 Å². The van der Waals surface area contributed by atoms with Crippen LogP contribution in [0.15, 0.2) is 39.6 Å². The van der Waals surface area contributed by atoms with Crippen LogP contribution in [0.3, 0.4) is 0 Å². The molecule has 0 spiro atoms. The van der Waals surface area contributed by atoms with Gasteiger partial charge in [0.15, 0.2) is 0 Å². The zero-order valence-electron chi connectivity index (χ0n) is 12.2. The molecule has 0 atom stereocenters. The molecule has 1 aliphatic heterocycles. The van der Waals surface area contributed by atoms with Crippen LogP contribution in [0.25, 0.3) is 0 Å². The molecule has 0 aliphatic carbocycles. The molecule has 19 heavy (non-hydrogen) atoms. The van der Waals surface area contributed by atoms with E-state index in [1.165, 1.54) is 24.9 Å². The van der Waals surface area contributed by atoms with E-state index in [1.54, 1.807) is 13.0 Å². The number of allylic oxidation sites excluding steroid dienone is 4. The van der Waals surface area contributed by atoms with E-state index < -0.39 is 5.97 Å². The van der Waals surface area contributed by atoms with Gasteiger partial charge in [0.1, 0.15) is 5.16 Å². The predicted octanol–water partition coefficient (Wildman–Crippen LogP) is 4.92. The fourth-order valence-electron chi connectivity index (χ4n) is 0.947. The highest BCUT2D eigenvalue weighted by Gasteiger charge is 2.09. The van der Waals surface area contributed by atoms with Crippen molar-refractivity contribution in [3.8, 4) is 0 Å². The fraction of sp³-hybridized carbons (Fsp3) is 0.429. The maximum absolute atomic E-state index is 12.8. The Labute approximate surface area is 120 Å². The van der Waals surface area contributed by atoms with Crippen molar-refractivity contribution in [2.75, 3.05) is 0 Å². The molecule has 0 radical (unpaired) electrons. The van der Waals surface area contributed by atoms with Crippen LogP contribution in [-0.4, -0.2) is 12.3 Å². The lowest BCUT2D eigenvalue weighted by atomic mass is 10.2. The summed E-state index contributed by atoms with van der Waals surface area (Å²) in [5.74, 6) is -1.03. The highest BCUT2D eigenvalue weighted by Crippen LogP contribution is 2.16. The van der Waals surface area contributed by atoms with Crippen LogP contribution in [0.2, 0.25) is 0 Å². The smallest absolute Gasteiger partial charge is 0.214 e. The van der Waals surface area contributed by atoms with Gasteiger partial charge in [-0.1, -0.05) is 57.9 Å². The summed E-state index contributed by atoms with van der Waals surface area (Å²) in [6.07, 6.45) is 7.17. The Morgan fingerprint density at radius 1 is 1.47 bits per heavy atom. The third-order valence-corrected chi connectivity index (χ3v) is 1.73. The first-order valence-corrected chi connectivity index (χ1v) is 6.72. The van der Waals surface area contributed by atoms with Crippen molar-refractivity contribution in [2.45, 2.75) is 41.0 Å². The SMILES string of the molecule is C/C=C\C(C(=N)F)=C1\C=C(Cl)NC=N1.CC.CCC. The Bertz CT molecular complexity index is 382. The summed E-state index contributed by atoms with van der Waals surface area (Å²) < 4.78 is 12.8. The van der Waals surface area contributed by atoms with Crippen LogP contribution in [0, 0.1) is 5.41 Å². The molecule has 1 rings (SSSR count). The van der Waals surface area contributed by atoms with Crippen molar-refractivity contribution < 1.29 is 4.39 Å². The minimum atomic E-state index is -1.03. The molecule has 2 N–H and O–H groups in total. The largest absolute Gasteiger partial charge is 0.337 e. The second-order valence-corrected chi connectivity index (χ2v) is 3.62. The Hall–Kier alpha value is -1.42. The predicted molar refractivity (Wildman–Crippen MR) is 83.6 cm³/mol. The molecule has 0 aromatic heterocycles. The van der Waals surface area contributed by atoms with Crippen LogP contribution in [0.4, 0.5) is 4.39 Å². The average Bonchev–Trinajstić information content (AvgIpc) is 2.39. The van der Waals surface area contributed by atoms with E-state index in [9.17, 15) is 4.39 Å². The molecule has 5 heteroatoms. The number of halogens is 2. The van der Waals surface area contributed by atoms with Crippen molar-refractivity contribution in [1.29, 1.82) is 5.41 Å². The van der Waals surface area contributed by atoms with Gasteiger partial charge < -0.3 is 5.32 Å². The minimum absolute atomic E-state index is 0.114. The maximum atomic E-state index is 12.8. The van der Waals surface area contributed by atoms with Crippen molar-refractivity contribution in [3.05, 3.63) is 34.7 Å². The van der Waals surface area contributed by atoms with Gasteiger partial charge in [-0.3, -0.25) is 5.41 Å². The van der Waals surface area contributed by atoms with Crippen molar-refractivity contribution in [3.63, 3.8) is 0 Å². The first kappa shape index (κ1) is 19.9. The molecular formula is C14H23ClFN3. The molecule has 1 aliphatic rings. The molecule has 0 aromatic rings. The number of hydrogen-bond acceptors (Lipinski definition) is 3. The third-order valence-electron chi connectivity index (χ3n) is 1.52. The molecule has 0 bridgehead atoms. The van der Waals surface area contributed by atoms with E-state index >= 15 is 0 Å². The van der Waals surface area contributed by atoms with Gasteiger partial charge in [0.25, 0.3) is 0 Å². The van der Waals surface area contributed by atoms with Gasteiger partial charge >= 0.3 is 0 Å². The van der Waals surface area contributed by atoms with Gasteiger partial charge in [0.2, 0.25) is 5.97 Å². The van der Waals surface area contributed by atoms with Crippen molar-refractivity contribution in [2.24, 2.45) is 4.99 Å². The number of aliphatic imine (C=N–C) groups is 1. The molecule has 3 nitrogen and oxygen atoms in total. The van der Waals surface area contributed by atoms with E-state index in [0.29, 0.717) is 10.9 Å². The summed E-state index contributed by atoms with van der Waals surface area (Å²) in [6.45, 7) is 9.99. The standard InChI is InChI=1S/C9H9ClFN3.C3H8.C2H6/c1-2-3-6(9(11)12)7-4-8(10)14-5-13-7;1-3-2;1-2/h2-5,12H,1H3,(H,13,14);3H2,1-2H3;1-2H3/b3-2-,7-6+,12-9?;;. The van der Waals surface area contributed by atoms with Gasteiger partial charge in [-0.05, 0) is 13.0 Å².